The van der Waals surface area contributed by atoms with Crippen LogP contribution >= 0.6 is 0 Å². The Balaban J connectivity index is 1.78. The molecule has 0 aliphatic heterocycles. The second kappa shape index (κ2) is 7.33. The highest BCUT2D eigenvalue weighted by Gasteiger charge is 2.14. The van der Waals surface area contributed by atoms with Crippen LogP contribution in [0, 0.1) is 0 Å². The monoisotopic (exact) mass is 320 g/mol. The largest absolute Gasteiger partial charge is 0.493 e. The molecule has 0 amide bonds. The first kappa shape index (κ1) is 15.6. The van der Waals surface area contributed by atoms with Crippen LogP contribution in [0.1, 0.15) is 21.7 Å². The number of esters is 1. The van der Waals surface area contributed by atoms with Gasteiger partial charge in [0, 0.05) is 0 Å². The fourth-order valence-electron chi connectivity index (χ4n) is 2.17. The van der Waals surface area contributed by atoms with Crippen molar-refractivity contribution in [3.05, 3.63) is 83.8 Å². The SMILES string of the molecule is COc1cc(C=Cc2ccccc2)ccc1OC(=O)c1ccco1. The van der Waals surface area contributed by atoms with Crippen molar-refractivity contribution in [2.24, 2.45) is 0 Å². The fraction of sp³-hybridized carbons (Fsp3) is 0.0500. The lowest BCUT2D eigenvalue weighted by molar-refractivity contribution is 0.0696. The van der Waals surface area contributed by atoms with Gasteiger partial charge in [0.15, 0.2) is 11.5 Å². The summed E-state index contributed by atoms with van der Waals surface area (Å²) in [5.74, 6) is 0.400. The first-order valence-electron chi connectivity index (χ1n) is 7.43. The van der Waals surface area contributed by atoms with Crippen LogP contribution in [0.25, 0.3) is 12.2 Å². The van der Waals surface area contributed by atoms with Crippen LogP contribution in [0.4, 0.5) is 0 Å². The van der Waals surface area contributed by atoms with E-state index in [1.54, 1.807) is 18.2 Å². The normalized spacial score (nSPS) is 10.7. The van der Waals surface area contributed by atoms with Gasteiger partial charge >= 0.3 is 5.97 Å². The Morgan fingerprint density at radius 1 is 0.917 bits per heavy atom. The van der Waals surface area contributed by atoms with Crippen molar-refractivity contribution < 1.29 is 18.7 Å². The van der Waals surface area contributed by atoms with Crippen LogP contribution in [-0.2, 0) is 0 Å². The zero-order chi connectivity index (χ0) is 16.8. The van der Waals surface area contributed by atoms with Gasteiger partial charge in [-0.05, 0) is 35.4 Å². The number of hydrogen-bond donors (Lipinski definition) is 0. The number of ether oxygens (including phenoxy) is 2. The third-order valence-corrected chi connectivity index (χ3v) is 3.38. The lowest BCUT2D eigenvalue weighted by Crippen LogP contribution is -2.08. The second-order valence-corrected chi connectivity index (χ2v) is 5.02. The van der Waals surface area contributed by atoms with E-state index in [0.29, 0.717) is 11.5 Å². The van der Waals surface area contributed by atoms with Gasteiger partial charge in [-0.3, -0.25) is 0 Å². The molecule has 3 rings (SSSR count). The van der Waals surface area contributed by atoms with Gasteiger partial charge in [-0.2, -0.15) is 0 Å². The van der Waals surface area contributed by atoms with Crippen LogP contribution in [0.3, 0.4) is 0 Å². The van der Waals surface area contributed by atoms with Gasteiger partial charge in [-0.15, -0.1) is 0 Å². The van der Waals surface area contributed by atoms with Crippen LogP contribution in [0.5, 0.6) is 11.5 Å². The molecule has 0 radical (unpaired) electrons. The second-order valence-electron chi connectivity index (χ2n) is 5.02. The van der Waals surface area contributed by atoms with Gasteiger partial charge in [0.2, 0.25) is 5.76 Å². The smallest absolute Gasteiger partial charge is 0.379 e. The molecule has 2 aromatic carbocycles. The topological polar surface area (TPSA) is 48.7 Å². The lowest BCUT2D eigenvalue weighted by atomic mass is 10.1. The molecule has 0 spiro atoms. The van der Waals surface area contributed by atoms with E-state index in [9.17, 15) is 4.79 Å². The van der Waals surface area contributed by atoms with Gasteiger partial charge in [0.05, 0.1) is 13.4 Å². The van der Waals surface area contributed by atoms with Gasteiger partial charge in [0.25, 0.3) is 0 Å². The van der Waals surface area contributed by atoms with E-state index in [1.807, 2.05) is 54.6 Å². The number of hydrogen-bond acceptors (Lipinski definition) is 4. The zero-order valence-corrected chi connectivity index (χ0v) is 13.1. The molecule has 0 saturated heterocycles. The van der Waals surface area contributed by atoms with E-state index in [4.69, 9.17) is 13.9 Å². The van der Waals surface area contributed by atoms with Crippen molar-refractivity contribution in [2.45, 2.75) is 0 Å². The molecule has 0 aliphatic carbocycles. The van der Waals surface area contributed by atoms with Gasteiger partial charge in [0.1, 0.15) is 0 Å². The van der Waals surface area contributed by atoms with Crippen molar-refractivity contribution >= 4 is 18.1 Å². The molecule has 120 valence electrons. The summed E-state index contributed by atoms with van der Waals surface area (Å²) >= 11 is 0. The summed E-state index contributed by atoms with van der Waals surface area (Å²) in [7, 11) is 1.53. The molecule has 0 bridgehead atoms. The minimum atomic E-state index is -0.564. The Kier molecular flexibility index (Phi) is 4.77. The summed E-state index contributed by atoms with van der Waals surface area (Å²) in [5.41, 5.74) is 2.04. The number of furan rings is 1. The van der Waals surface area contributed by atoms with E-state index in [1.165, 1.54) is 13.4 Å². The van der Waals surface area contributed by atoms with E-state index in [-0.39, 0.29) is 5.76 Å². The maximum atomic E-state index is 12.0. The molecule has 0 saturated carbocycles. The quantitative estimate of drug-likeness (QED) is 0.389. The number of methoxy groups -OCH3 is 1. The molecular weight excluding hydrogens is 304 g/mol. The Labute approximate surface area is 139 Å². The zero-order valence-electron chi connectivity index (χ0n) is 13.1. The molecular formula is C20H16O4. The highest BCUT2D eigenvalue weighted by atomic mass is 16.6. The summed E-state index contributed by atoms with van der Waals surface area (Å²) in [4.78, 5) is 12.0. The molecule has 1 heterocycles. The number of carbonyl (C=O) groups is 1. The third-order valence-electron chi connectivity index (χ3n) is 3.38. The van der Waals surface area contributed by atoms with Gasteiger partial charge < -0.3 is 13.9 Å². The van der Waals surface area contributed by atoms with Gasteiger partial charge in [-0.25, -0.2) is 4.79 Å². The minimum Gasteiger partial charge on any atom is -0.493 e. The summed E-state index contributed by atoms with van der Waals surface area (Å²) < 4.78 is 15.7. The van der Waals surface area contributed by atoms with Gasteiger partial charge in [-0.1, -0.05) is 48.6 Å². The molecule has 0 aliphatic rings. The van der Waals surface area contributed by atoms with Crippen LogP contribution in [0.2, 0.25) is 0 Å². The average Bonchev–Trinajstić information content (AvgIpc) is 3.16. The van der Waals surface area contributed by atoms with E-state index < -0.39 is 5.97 Å². The lowest BCUT2D eigenvalue weighted by Gasteiger charge is -2.09. The van der Waals surface area contributed by atoms with E-state index in [2.05, 4.69) is 0 Å². The maximum Gasteiger partial charge on any atom is 0.379 e. The molecule has 0 N–H and O–H groups in total. The highest BCUT2D eigenvalue weighted by Crippen LogP contribution is 2.29. The number of rotatable bonds is 5. The first-order chi connectivity index (χ1) is 11.8. The Bertz CT molecular complexity index is 833. The average molecular weight is 320 g/mol. The van der Waals surface area contributed by atoms with E-state index >= 15 is 0 Å². The third kappa shape index (κ3) is 3.73. The highest BCUT2D eigenvalue weighted by molar-refractivity contribution is 5.88. The molecule has 1 aromatic heterocycles. The standard InChI is InChI=1S/C20H16O4/c1-22-19-14-16(10-9-15-6-3-2-4-7-15)11-12-17(19)24-20(21)18-8-5-13-23-18/h2-14H,1H3. The maximum absolute atomic E-state index is 12.0. The van der Waals surface area contributed by atoms with E-state index in [0.717, 1.165) is 11.1 Å². The van der Waals surface area contributed by atoms with Crippen LogP contribution < -0.4 is 9.47 Å². The molecule has 4 heteroatoms. The first-order valence-corrected chi connectivity index (χ1v) is 7.43. The summed E-state index contributed by atoms with van der Waals surface area (Å²) in [6, 6.07) is 18.5. The number of carbonyl (C=O) groups excluding carboxylic acids is 1. The van der Waals surface area contributed by atoms with Crippen molar-refractivity contribution in [3.8, 4) is 11.5 Å². The molecule has 0 unspecified atom stereocenters. The molecule has 24 heavy (non-hydrogen) atoms. The van der Waals surface area contributed by atoms with Crippen molar-refractivity contribution in [1.82, 2.24) is 0 Å². The number of benzene rings is 2. The predicted octanol–water partition coefficient (Wildman–Crippen LogP) is 4.68. The van der Waals surface area contributed by atoms with Crippen molar-refractivity contribution in [2.75, 3.05) is 7.11 Å². The predicted molar refractivity (Wildman–Crippen MR) is 92.0 cm³/mol. The Hall–Kier alpha value is -3.27. The molecule has 4 nitrogen and oxygen atoms in total. The summed E-state index contributed by atoms with van der Waals surface area (Å²) in [6.45, 7) is 0. The molecule has 3 aromatic rings. The van der Waals surface area contributed by atoms with Crippen molar-refractivity contribution in [3.63, 3.8) is 0 Å². The Morgan fingerprint density at radius 2 is 1.71 bits per heavy atom. The van der Waals surface area contributed by atoms with Crippen molar-refractivity contribution in [1.29, 1.82) is 0 Å². The summed E-state index contributed by atoms with van der Waals surface area (Å²) in [6.07, 6.45) is 5.39. The van der Waals surface area contributed by atoms with Crippen LogP contribution in [0.15, 0.2) is 71.3 Å². The fourth-order valence-corrected chi connectivity index (χ4v) is 2.17. The minimum absolute atomic E-state index is 0.144. The van der Waals surface area contributed by atoms with Crippen LogP contribution in [-0.4, -0.2) is 13.1 Å². The molecule has 0 atom stereocenters. The molecule has 0 fully saturated rings. The Morgan fingerprint density at radius 3 is 2.42 bits per heavy atom. The summed E-state index contributed by atoms with van der Waals surface area (Å²) in [5, 5.41) is 0.